The van der Waals surface area contributed by atoms with Crippen molar-refractivity contribution >= 4 is 17.5 Å². The number of rotatable bonds is 5. The van der Waals surface area contributed by atoms with Crippen molar-refractivity contribution in [3.05, 3.63) is 59.7 Å². The first kappa shape index (κ1) is 17.8. The predicted octanol–water partition coefficient (Wildman–Crippen LogP) is 2.76. The van der Waals surface area contributed by atoms with Crippen molar-refractivity contribution in [3.63, 3.8) is 0 Å². The van der Waals surface area contributed by atoms with E-state index in [9.17, 15) is 18.4 Å². The van der Waals surface area contributed by atoms with Gasteiger partial charge in [-0.15, -0.1) is 0 Å². The Bertz CT molecular complexity index is 796. The Hall–Kier alpha value is -2.96. The molecule has 2 aromatic rings. The zero-order chi connectivity index (χ0) is 18.7. The van der Waals surface area contributed by atoms with Crippen LogP contribution in [0.5, 0.6) is 5.75 Å². The van der Waals surface area contributed by atoms with Gasteiger partial charge in [-0.1, -0.05) is 24.3 Å². The molecular weight excluding hydrogens is 342 g/mol. The number of halogens is 2. The highest BCUT2D eigenvalue weighted by Crippen LogP contribution is 2.29. The van der Waals surface area contributed by atoms with Crippen molar-refractivity contribution in [1.82, 2.24) is 4.90 Å². The second-order valence-corrected chi connectivity index (χ2v) is 5.92. The number of amides is 2. The molecule has 1 N–H and O–H groups in total. The van der Waals surface area contributed by atoms with Crippen LogP contribution in [0.2, 0.25) is 0 Å². The first-order chi connectivity index (χ1) is 12.5. The highest BCUT2D eigenvalue weighted by atomic mass is 19.1. The fraction of sp³-hybridized carbons (Fsp3) is 0.263. The molecule has 0 aromatic heterocycles. The van der Waals surface area contributed by atoms with Crippen LogP contribution in [0.4, 0.5) is 14.5 Å². The summed E-state index contributed by atoms with van der Waals surface area (Å²) in [6.07, 6.45) is -0.278. The maximum atomic E-state index is 13.6. The Labute approximate surface area is 149 Å². The number of hydrogen-bond donors (Lipinski definition) is 1. The molecule has 136 valence electrons. The number of carbonyl (C=O) groups excluding carboxylic acids is 2. The SMILES string of the molecule is CCN(CC(=O)Nc1c(F)cccc1F)C(=O)C1Cc2ccccc2O1. The third-order valence-electron chi connectivity index (χ3n) is 4.18. The van der Waals surface area contributed by atoms with E-state index in [4.69, 9.17) is 4.74 Å². The van der Waals surface area contributed by atoms with E-state index in [1.165, 1.54) is 11.0 Å². The standard InChI is InChI=1S/C19H18F2N2O3/c1-2-23(11-17(24)22-18-13(20)7-5-8-14(18)21)19(25)16-10-12-6-3-4-9-15(12)26-16/h3-9,16H,2,10-11H2,1H3,(H,22,24). The summed E-state index contributed by atoms with van der Waals surface area (Å²) >= 11 is 0. The minimum absolute atomic E-state index is 0.266. The highest BCUT2D eigenvalue weighted by molar-refractivity contribution is 5.95. The van der Waals surface area contributed by atoms with Crippen LogP contribution in [0.3, 0.4) is 0 Å². The maximum Gasteiger partial charge on any atom is 0.264 e. The van der Waals surface area contributed by atoms with E-state index in [0.29, 0.717) is 12.2 Å². The van der Waals surface area contributed by atoms with Gasteiger partial charge < -0.3 is 15.0 Å². The largest absolute Gasteiger partial charge is 0.480 e. The van der Waals surface area contributed by atoms with E-state index in [-0.39, 0.29) is 19.0 Å². The third kappa shape index (κ3) is 3.66. The maximum absolute atomic E-state index is 13.6. The average molecular weight is 360 g/mol. The fourth-order valence-electron chi connectivity index (χ4n) is 2.84. The Morgan fingerprint density at radius 2 is 1.85 bits per heavy atom. The molecule has 0 radical (unpaired) electrons. The van der Waals surface area contributed by atoms with E-state index in [0.717, 1.165) is 17.7 Å². The summed E-state index contributed by atoms with van der Waals surface area (Å²) in [6.45, 7) is 1.67. The molecule has 1 aliphatic heterocycles. The average Bonchev–Trinajstić information content (AvgIpc) is 3.06. The van der Waals surface area contributed by atoms with Crippen LogP contribution in [-0.4, -0.2) is 35.9 Å². The second-order valence-electron chi connectivity index (χ2n) is 5.92. The van der Waals surface area contributed by atoms with Crippen molar-refractivity contribution in [2.75, 3.05) is 18.4 Å². The van der Waals surface area contributed by atoms with Crippen molar-refractivity contribution in [1.29, 1.82) is 0 Å². The normalized spacial score (nSPS) is 15.1. The molecular formula is C19H18F2N2O3. The molecule has 0 fully saturated rings. The monoisotopic (exact) mass is 360 g/mol. The molecule has 0 aliphatic carbocycles. The zero-order valence-corrected chi connectivity index (χ0v) is 14.2. The van der Waals surface area contributed by atoms with Gasteiger partial charge in [-0.25, -0.2) is 8.78 Å². The van der Waals surface area contributed by atoms with Crippen LogP contribution in [0.25, 0.3) is 0 Å². The first-order valence-electron chi connectivity index (χ1n) is 8.26. The van der Waals surface area contributed by atoms with Gasteiger partial charge in [-0.05, 0) is 30.7 Å². The molecule has 5 nitrogen and oxygen atoms in total. The van der Waals surface area contributed by atoms with E-state index in [1.54, 1.807) is 13.0 Å². The number of anilines is 1. The molecule has 0 bridgehead atoms. The van der Waals surface area contributed by atoms with Crippen molar-refractivity contribution in [2.45, 2.75) is 19.4 Å². The molecule has 1 unspecified atom stereocenters. The number of para-hydroxylation sites is 2. The van der Waals surface area contributed by atoms with Gasteiger partial charge in [0.15, 0.2) is 6.10 Å². The fourth-order valence-corrected chi connectivity index (χ4v) is 2.84. The molecule has 26 heavy (non-hydrogen) atoms. The minimum atomic E-state index is -0.873. The summed E-state index contributed by atoms with van der Waals surface area (Å²) in [5, 5.41) is 2.18. The van der Waals surface area contributed by atoms with Crippen LogP contribution in [0.15, 0.2) is 42.5 Å². The molecule has 0 saturated carbocycles. The van der Waals surface area contributed by atoms with Gasteiger partial charge in [-0.3, -0.25) is 9.59 Å². The van der Waals surface area contributed by atoms with Gasteiger partial charge in [0.2, 0.25) is 5.91 Å². The third-order valence-corrected chi connectivity index (χ3v) is 4.18. The van der Waals surface area contributed by atoms with Crippen molar-refractivity contribution < 1.29 is 23.1 Å². The van der Waals surface area contributed by atoms with Gasteiger partial charge in [0.1, 0.15) is 23.1 Å². The summed E-state index contributed by atoms with van der Waals surface area (Å²) in [5.41, 5.74) is 0.408. The van der Waals surface area contributed by atoms with Gasteiger partial charge in [0, 0.05) is 13.0 Å². The molecule has 2 aromatic carbocycles. The lowest BCUT2D eigenvalue weighted by Gasteiger charge is -2.23. The molecule has 1 aliphatic rings. The van der Waals surface area contributed by atoms with Crippen molar-refractivity contribution in [3.8, 4) is 5.75 Å². The van der Waals surface area contributed by atoms with Gasteiger partial charge >= 0.3 is 0 Å². The number of ether oxygens (including phenoxy) is 1. The number of benzene rings is 2. The van der Waals surface area contributed by atoms with Gasteiger partial charge in [-0.2, -0.15) is 0 Å². The summed E-state index contributed by atoms with van der Waals surface area (Å²) in [7, 11) is 0. The summed E-state index contributed by atoms with van der Waals surface area (Å²) in [4.78, 5) is 26.1. The van der Waals surface area contributed by atoms with Crippen LogP contribution >= 0.6 is 0 Å². The van der Waals surface area contributed by atoms with E-state index in [2.05, 4.69) is 5.32 Å². The quantitative estimate of drug-likeness (QED) is 0.892. The molecule has 1 heterocycles. The van der Waals surface area contributed by atoms with E-state index < -0.39 is 29.3 Å². The Morgan fingerprint density at radius 3 is 2.50 bits per heavy atom. The topological polar surface area (TPSA) is 58.6 Å². The molecule has 0 saturated heterocycles. The lowest BCUT2D eigenvalue weighted by Crippen LogP contribution is -2.45. The number of hydrogen-bond acceptors (Lipinski definition) is 3. The number of nitrogens with one attached hydrogen (secondary N) is 1. The smallest absolute Gasteiger partial charge is 0.264 e. The molecule has 0 spiro atoms. The summed E-state index contributed by atoms with van der Waals surface area (Å²) in [5.74, 6) is -2.11. The molecule has 1 atom stereocenters. The Morgan fingerprint density at radius 1 is 1.15 bits per heavy atom. The number of carbonyl (C=O) groups is 2. The molecule has 7 heteroatoms. The lowest BCUT2D eigenvalue weighted by atomic mass is 10.1. The number of fused-ring (bicyclic) bond motifs is 1. The summed E-state index contributed by atoms with van der Waals surface area (Å²) in [6, 6.07) is 10.6. The van der Waals surface area contributed by atoms with Gasteiger partial charge in [0.05, 0.1) is 6.54 Å². The van der Waals surface area contributed by atoms with Crippen LogP contribution in [0, 0.1) is 11.6 Å². The lowest BCUT2D eigenvalue weighted by molar-refractivity contribution is -0.140. The Balaban J connectivity index is 1.64. The molecule has 3 rings (SSSR count). The van der Waals surface area contributed by atoms with Crippen LogP contribution in [0.1, 0.15) is 12.5 Å². The molecule has 2 amide bonds. The van der Waals surface area contributed by atoms with Crippen LogP contribution < -0.4 is 10.1 Å². The predicted molar refractivity (Wildman–Crippen MR) is 91.8 cm³/mol. The second kappa shape index (κ2) is 7.51. The Kier molecular flexibility index (Phi) is 5.16. The van der Waals surface area contributed by atoms with E-state index in [1.807, 2.05) is 18.2 Å². The van der Waals surface area contributed by atoms with Gasteiger partial charge in [0.25, 0.3) is 5.91 Å². The summed E-state index contributed by atoms with van der Waals surface area (Å²) < 4.78 is 32.9. The first-order valence-corrected chi connectivity index (χ1v) is 8.26. The number of likely N-dealkylation sites (N-methyl/N-ethyl adjacent to an activating group) is 1. The highest BCUT2D eigenvalue weighted by Gasteiger charge is 2.32. The van der Waals surface area contributed by atoms with Crippen LogP contribution in [-0.2, 0) is 16.0 Å². The number of nitrogens with zero attached hydrogens (tertiary/aromatic N) is 1. The minimum Gasteiger partial charge on any atom is -0.480 e. The van der Waals surface area contributed by atoms with E-state index >= 15 is 0 Å². The zero-order valence-electron chi connectivity index (χ0n) is 14.2. The van der Waals surface area contributed by atoms with Crippen molar-refractivity contribution in [2.24, 2.45) is 0 Å².